The SMILES string of the molecule is CC(C)[C@H](NC(=O)[C@H](C)NC(=O)[C@H](C)NC(=O)[C@H](CC(=O)O)NC(=O)[C@H](CCC(=O)O)NC(=O)CNC(=O)[C@@H](N)CC(=O)O)C(=O)O. The minimum Gasteiger partial charge on any atom is -0.481 e. The highest BCUT2D eigenvalue weighted by Gasteiger charge is 2.32. The molecule has 0 aliphatic carbocycles. The predicted octanol–water partition coefficient (Wildman–Crippen LogP) is -4.55. The van der Waals surface area contributed by atoms with Gasteiger partial charge in [0.25, 0.3) is 0 Å². The van der Waals surface area contributed by atoms with Crippen molar-refractivity contribution in [3.63, 3.8) is 0 Å². The zero-order chi connectivity index (χ0) is 36.6. The highest BCUT2D eigenvalue weighted by atomic mass is 16.4. The van der Waals surface area contributed by atoms with E-state index in [-0.39, 0.29) is 0 Å². The van der Waals surface area contributed by atoms with Gasteiger partial charge in [-0.1, -0.05) is 13.8 Å². The standard InChI is InChI=1S/C26H41N7O14/c1-10(2)20(26(46)47)33-22(42)12(4)29-21(41)11(3)30-25(45)15(8-19(39)40)32-24(44)14(5-6-17(35)36)31-16(34)9-28-23(43)13(27)7-18(37)38/h10-15,20H,5-9,27H2,1-4H3,(H,28,43)(H,29,41)(H,30,45)(H,31,34)(H,32,44)(H,33,42)(H,35,36)(H,37,38)(H,39,40)(H,46,47)/t11-,12-,13-,14-,15-,20-/m0/s1. The third kappa shape index (κ3) is 16.5. The van der Waals surface area contributed by atoms with E-state index in [1.54, 1.807) is 13.8 Å². The number of carbonyl (C=O) groups excluding carboxylic acids is 6. The highest BCUT2D eigenvalue weighted by Crippen LogP contribution is 2.04. The fraction of sp³-hybridized carbons (Fsp3) is 0.615. The van der Waals surface area contributed by atoms with Crippen molar-refractivity contribution >= 4 is 59.3 Å². The lowest BCUT2D eigenvalue weighted by atomic mass is 10.0. The summed E-state index contributed by atoms with van der Waals surface area (Å²) in [5, 5.41) is 49.1. The van der Waals surface area contributed by atoms with Crippen LogP contribution in [-0.4, -0.2) is 123 Å². The van der Waals surface area contributed by atoms with E-state index in [1.807, 2.05) is 5.32 Å². The van der Waals surface area contributed by atoms with Gasteiger partial charge in [0, 0.05) is 6.42 Å². The summed E-state index contributed by atoms with van der Waals surface area (Å²) < 4.78 is 0. The van der Waals surface area contributed by atoms with Crippen LogP contribution in [-0.2, 0) is 47.9 Å². The predicted molar refractivity (Wildman–Crippen MR) is 156 cm³/mol. The fourth-order valence-corrected chi connectivity index (χ4v) is 3.59. The first kappa shape index (κ1) is 41.7. The average molecular weight is 676 g/mol. The number of nitrogens with one attached hydrogen (secondary N) is 6. The van der Waals surface area contributed by atoms with Crippen LogP contribution in [0.4, 0.5) is 0 Å². The Morgan fingerprint density at radius 2 is 1.06 bits per heavy atom. The molecule has 0 heterocycles. The maximum Gasteiger partial charge on any atom is 0.326 e. The number of aliphatic carboxylic acids is 4. The molecule has 0 unspecified atom stereocenters. The van der Waals surface area contributed by atoms with Crippen molar-refractivity contribution in [2.75, 3.05) is 6.54 Å². The van der Waals surface area contributed by atoms with Gasteiger partial charge in [0.1, 0.15) is 30.2 Å². The Morgan fingerprint density at radius 1 is 0.574 bits per heavy atom. The van der Waals surface area contributed by atoms with Crippen molar-refractivity contribution in [1.29, 1.82) is 0 Å². The minimum atomic E-state index is -1.85. The van der Waals surface area contributed by atoms with E-state index in [4.69, 9.17) is 15.9 Å². The van der Waals surface area contributed by atoms with Crippen LogP contribution < -0.4 is 37.6 Å². The third-order valence-electron chi connectivity index (χ3n) is 6.20. The number of hydrogen-bond acceptors (Lipinski definition) is 11. The molecule has 0 radical (unpaired) electrons. The third-order valence-corrected chi connectivity index (χ3v) is 6.20. The lowest BCUT2D eigenvalue weighted by Gasteiger charge is -2.24. The molecule has 0 saturated carbocycles. The molecular weight excluding hydrogens is 634 g/mol. The Kier molecular flexibility index (Phi) is 17.7. The number of carboxylic acid groups (broad SMARTS) is 4. The molecule has 0 bridgehead atoms. The first-order chi connectivity index (χ1) is 21.7. The summed E-state index contributed by atoms with van der Waals surface area (Å²) in [5.74, 6) is -12.3. The molecule has 21 nitrogen and oxygen atoms in total. The molecule has 0 aliphatic heterocycles. The molecule has 47 heavy (non-hydrogen) atoms. The summed E-state index contributed by atoms with van der Waals surface area (Å²) in [6, 6.07) is -8.92. The zero-order valence-electron chi connectivity index (χ0n) is 26.0. The maximum absolute atomic E-state index is 12.9. The molecule has 12 N–H and O–H groups in total. The van der Waals surface area contributed by atoms with Gasteiger partial charge >= 0.3 is 23.9 Å². The van der Waals surface area contributed by atoms with Gasteiger partial charge in [0.15, 0.2) is 0 Å². The second-order valence-electron chi connectivity index (χ2n) is 10.7. The smallest absolute Gasteiger partial charge is 0.326 e. The van der Waals surface area contributed by atoms with E-state index in [9.17, 15) is 58.2 Å². The second kappa shape index (κ2) is 19.9. The molecule has 21 heteroatoms. The van der Waals surface area contributed by atoms with Crippen LogP contribution in [0.2, 0.25) is 0 Å². The van der Waals surface area contributed by atoms with E-state index in [0.717, 1.165) is 6.92 Å². The van der Waals surface area contributed by atoms with Crippen LogP contribution in [0, 0.1) is 5.92 Å². The van der Waals surface area contributed by atoms with Crippen molar-refractivity contribution < 1.29 is 68.4 Å². The van der Waals surface area contributed by atoms with Gasteiger partial charge in [-0.3, -0.25) is 43.2 Å². The van der Waals surface area contributed by atoms with Crippen molar-refractivity contribution in [2.24, 2.45) is 11.7 Å². The van der Waals surface area contributed by atoms with Gasteiger partial charge in [0.2, 0.25) is 35.4 Å². The van der Waals surface area contributed by atoms with E-state index in [0.29, 0.717) is 0 Å². The molecule has 0 fully saturated rings. The number of carboxylic acids is 4. The molecule has 264 valence electrons. The number of nitrogens with two attached hydrogens (primary N) is 1. The van der Waals surface area contributed by atoms with Crippen molar-refractivity contribution in [1.82, 2.24) is 31.9 Å². The van der Waals surface area contributed by atoms with Crippen molar-refractivity contribution in [3.8, 4) is 0 Å². The molecule has 0 aromatic rings. The number of carbonyl (C=O) groups is 10. The van der Waals surface area contributed by atoms with Crippen LogP contribution in [0.15, 0.2) is 0 Å². The van der Waals surface area contributed by atoms with Crippen LogP contribution >= 0.6 is 0 Å². The molecule has 6 amide bonds. The highest BCUT2D eigenvalue weighted by molar-refractivity contribution is 5.97. The Labute approximate surface area is 267 Å². The number of hydrogen-bond donors (Lipinski definition) is 11. The normalized spacial score (nSPS) is 14.5. The lowest BCUT2D eigenvalue weighted by Crippen LogP contribution is -2.58. The first-order valence-corrected chi connectivity index (χ1v) is 14.1. The van der Waals surface area contributed by atoms with Gasteiger partial charge < -0.3 is 58.1 Å². The molecule has 0 aromatic carbocycles. The maximum atomic E-state index is 12.9. The Morgan fingerprint density at radius 3 is 1.53 bits per heavy atom. The first-order valence-electron chi connectivity index (χ1n) is 14.1. The minimum absolute atomic E-state index is 0.480. The Balaban J connectivity index is 5.53. The van der Waals surface area contributed by atoms with Crippen molar-refractivity contribution in [3.05, 3.63) is 0 Å². The van der Waals surface area contributed by atoms with E-state index < -0.39 is 134 Å². The molecule has 0 aliphatic rings. The van der Waals surface area contributed by atoms with Gasteiger partial charge in [-0.2, -0.15) is 0 Å². The van der Waals surface area contributed by atoms with Gasteiger partial charge in [0.05, 0.1) is 25.4 Å². The van der Waals surface area contributed by atoms with E-state index in [1.165, 1.54) is 6.92 Å². The molecule has 0 spiro atoms. The Hall–Kier alpha value is -5.34. The zero-order valence-corrected chi connectivity index (χ0v) is 26.0. The van der Waals surface area contributed by atoms with Crippen LogP contribution in [0.1, 0.15) is 53.4 Å². The van der Waals surface area contributed by atoms with Crippen LogP contribution in [0.25, 0.3) is 0 Å². The molecule has 6 atom stereocenters. The summed E-state index contributed by atoms with van der Waals surface area (Å²) in [7, 11) is 0. The van der Waals surface area contributed by atoms with Crippen LogP contribution in [0.3, 0.4) is 0 Å². The fourth-order valence-electron chi connectivity index (χ4n) is 3.59. The summed E-state index contributed by atoms with van der Waals surface area (Å²) in [6.07, 6.45) is -2.98. The molecule has 0 saturated heterocycles. The summed E-state index contributed by atoms with van der Waals surface area (Å²) in [5.41, 5.74) is 5.38. The van der Waals surface area contributed by atoms with E-state index in [2.05, 4.69) is 26.6 Å². The summed E-state index contributed by atoms with van der Waals surface area (Å²) >= 11 is 0. The average Bonchev–Trinajstić information content (AvgIpc) is 2.94. The topological polar surface area (TPSA) is 350 Å². The van der Waals surface area contributed by atoms with Crippen molar-refractivity contribution in [2.45, 2.75) is 89.6 Å². The number of amides is 6. The van der Waals surface area contributed by atoms with Gasteiger partial charge in [-0.15, -0.1) is 0 Å². The lowest BCUT2D eigenvalue weighted by molar-refractivity contribution is -0.143. The van der Waals surface area contributed by atoms with Crippen LogP contribution in [0.5, 0.6) is 0 Å². The molecule has 0 aromatic heterocycles. The molecule has 0 rings (SSSR count). The summed E-state index contributed by atoms with van der Waals surface area (Å²) in [6.45, 7) is 4.71. The Bertz CT molecular complexity index is 1220. The molecular formula is C26H41N7O14. The second-order valence-corrected chi connectivity index (χ2v) is 10.7. The van der Waals surface area contributed by atoms with E-state index >= 15 is 0 Å². The number of rotatable bonds is 21. The van der Waals surface area contributed by atoms with Gasteiger partial charge in [-0.05, 0) is 26.2 Å². The largest absolute Gasteiger partial charge is 0.481 e. The van der Waals surface area contributed by atoms with Gasteiger partial charge in [-0.25, -0.2) is 4.79 Å². The summed E-state index contributed by atoms with van der Waals surface area (Å²) in [4.78, 5) is 120. The quantitative estimate of drug-likeness (QED) is 0.0545. The monoisotopic (exact) mass is 675 g/mol.